The summed E-state index contributed by atoms with van der Waals surface area (Å²) in [5.41, 5.74) is 8.75. The summed E-state index contributed by atoms with van der Waals surface area (Å²) in [6.07, 6.45) is 0. The van der Waals surface area contributed by atoms with Gasteiger partial charge in [-0.05, 0) is 108 Å². The van der Waals surface area contributed by atoms with Gasteiger partial charge in [-0.2, -0.15) is 20.5 Å². The number of nitrogens with zero attached hydrogens (tertiary/aromatic N) is 8. The molecule has 35 heteroatoms. The van der Waals surface area contributed by atoms with Crippen LogP contribution in [0.2, 0.25) is 0 Å². The molecular formula is C45H30N12Na4O15S4. The zero-order valence-corrected chi connectivity index (χ0v) is 53.0. The molecule has 2 amide bonds. The number of rotatable bonds is 14. The summed E-state index contributed by atoms with van der Waals surface area (Å²) in [5, 5.41) is 56.5. The predicted octanol–water partition coefficient (Wildman–Crippen LogP) is -2.49. The first-order valence-electron chi connectivity index (χ1n) is 20.9. The van der Waals surface area contributed by atoms with Crippen LogP contribution in [0.5, 0.6) is 11.5 Å². The van der Waals surface area contributed by atoms with Crippen molar-refractivity contribution in [1.29, 1.82) is 0 Å². The van der Waals surface area contributed by atoms with Gasteiger partial charge in [0.05, 0.1) is 64.5 Å². The van der Waals surface area contributed by atoms with E-state index < -0.39 is 133 Å². The molecule has 0 spiro atoms. The molecule has 80 heavy (non-hydrogen) atoms. The molecule has 0 aromatic heterocycles. The Morgan fingerprint density at radius 1 is 0.388 bits per heavy atom. The van der Waals surface area contributed by atoms with Crippen LogP contribution < -0.4 is 140 Å². The van der Waals surface area contributed by atoms with E-state index in [1.54, 1.807) is 36.4 Å². The van der Waals surface area contributed by atoms with Gasteiger partial charge in [-0.1, -0.05) is 36.4 Å². The number of aromatic hydroxyl groups is 2. The van der Waals surface area contributed by atoms with Gasteiger partial charge in [-0.25, -0.2) is 38.5 Å². The molecule has 8 rings (SSSR count). The van der Waals surface area contributed by atoms with Crippen molar-refractivity contribution in [1.82, 2.24) is 0 Å². The average molecular weight is 1200 g/mol. The van der Waals surface area contributed by atoms with Gasteiger partial charge < -0.3 is 50.5 Å². The van der Waals surface area contributed by atoms with E-state index in [1.807, 2.05) is 0 Å². The topological polar surface area (TPSA) is 461 Å². The molecule has 0 bridgehead atoms. The second-order valence-electron chi connectivity index (χ2n) is 15.6. The quantitative estimate of drug-likeness (QED) is 0.0284. The van der Waals surface area contributed by atoms with E-state index in [9.17, 15) is 66.9 Å². The van der Waals surface area contributed by atoms with Crippen molar-refractivity contribution in [2.24, 2.45) is 40.9 Å². The predicted molar refractivity (Wildman–Crippen MR) is 267 cm³/mol. The minimum absolute atomic E-state index is 0. The summed E-state index contributed by atoms with van der Waals surface area (Å²) >= 11 is 0. The van der Waals surface area contributed by atoms with E-state index in [-0.39, 0.29) is 152 Å². The molecule has 0 atom stereocenters. The Labute approximate surface area is 542 Å². The maximum Gasteiger partial charge on any atom is 1.00 e. The summed E-state index contributed by atoms with van der Waals surface area (Å²) in [7, 11) is -21.6. The zero-order chi connectivity index (χ0) is 54.9. The number of benzene rings is 8. The molecule has 8 aromatic carbocycles. The van der Waals surface area contributed by atoms with Gasteiger partial charge in [0.15, 0.2) is 11.5 Å². The summed E-state index contributed by atoms with van der Waals surface area (Å²) in [4.78, 5) is 8.56. The number of hydrogen-bond donors (Lipinski definition) is 6. The van der Waals surface area contributed by atoms with Crippen molar-refractivity contribution in [3.05, 3.63) is 133 Å². The first-order valence-corrected chi connectivity index (χ1v) is 26.5. The van der Waals surface area contributed by atoms with Gasteiger partial charge in [0.2, 0.25) is 0 Å². The third-order valence-corrected chi connectivity index (χ3v) is 13.9. The normalized spacial score (nSPS) is 12.1. The summed E-state index contributed by atoms with van der Waals surface area (Å²) in [5.74, 6) is -2.01. The largest absolute Gasteiger partial charge is 1.00 e. The van der Waals surface area contributed by atoms with Crippen molar-refractivity contribution in [2.75, 3.05) is 22.1 Å². The van der Waals surface area contributed by atoms with Gasteiger partial charge in [-0.15, -0.1) is 20.5 Å². The summed E-state index contributed by atoms with van der Waals surface area (Å²) < 4.78 is 148. The molecule has 0 aliphatic heterocycles. The van der Waals surface area contributed by atoms with Crippen molar-refractivity contribution < 1.29 is 185 Å². The first-order chi connectivity index (χ1) is 35.8. The van der Waals surface area contributed by atoms with E-state index in [0.717, 1.165) is 0 Å². The Bertz CT molecular complexity index is 4020. The van der Waals surface area contributed by atoms with Crippen LogP contribution >= 0.6 is 0 Å². The average Bonchev–Trinajstić information content (AvgIpc) is 3.35. The molecule has 0 aliphatic rings. The van der Waals surface area contributed by atoms with Crippen LogP contribution in [0.25, 0.3) is 21.5 Å². The van der Waals surface area contributed by atoms with Gasteiger partial charge in [0.25, 0.3) is 0 Å². The SMILES string of the molecule is Nc1c(N=Nc2ccc(NC(=O)Nc3ccc(N=Nc4c(S(=O)(=O)[O-])cc5cc(S(=O)(=O)[O-])c(N=Nc6ccccc6)c(O)c5c4N)cc3)cc2)c(S(=O)(=O)[O-])cc2cc(S(=O)(=O)[O-])c(N=Nc3ccccc3)c(O)c12.[Na+].[Na+].[Na+].[Na+]. The number of nitrogens with two attached hydrogens (primary N) is 2. The molecule has 0 heterocycles. The van der Waals surface area contributed by atoms with Crippen LogP contribution in [0.1, 0.15) is 0 Å². The second kappa shape index (κ2) is 27.2. The first kappa shape index (κ1) is 67.3. The maximum absolute atomic E-state index is 12.9. The Hall–Kier alpha value is -5.21. The van der Waals surface area contributed by atoms with E-state index in [4.69, 9.17) is 11.5 Å². The van der Waals surface area contributed by atoms with E-state index in [0.29, 0.717) is 24.3 Å². The van der Waals surface area contributed by atoms with Gasteiger partial charge in [0, 0.05) is 11.4 Å². The number of phenols is 2. The fourth-order valence-corrected chi connectivity index (χ4v) is 9.73. The van der Waals surface area contributed by atoms with Crippen molar-refractivity contribution in [3.63, 3.8) is 0 Å². The Balaban J connectivity index is 0.00000344. The number of carbonyl (C=O) groups is 1. The van der Waals surface area contributed by atoms with E-state index >= 15 is 0 Å². The number of nitrogens with one attached hydrogen (secondary N) is 2. The van der Waals surface area contributed by atoms with Crippen LogP contribution in [-0.2, 0) is 40.5 Å². The number of carbonyl (C=O) groups excluding carboxylic acids is 1. The van der Waals surface area contributed by atoms with Crippen molar-refractivity contribution >= 4 is 136 Å². The minimum Gasteiger partial charge on any atom is -0.744 e. The summed E-state index contributed by atoms with van der Waals surface area (Å²) in [6, 6.07) is 28.1. The molecule has 0 aliphatic carbocycles. The van der Waals surface area contributed by atoms with E-state index in [2.05, 4.69) is 51.5 Å². The van der Waals surface area contributed by atoms with Gasteiger partial charge >= 0.3 is 124 Å². The summed E-state index contributed by atoms with van der Waals surface area (Å²) in [6.45, 7) is 0. The number of fused-ring (bicyclic) bond motifs is 2. The number of hydrogen-bond acceptors (Lipinski definition) is 25. The standard InChI is InChI=1S/C45H34N12O15S4.4Na/c46-37-35-23(21-33(75(67,68)69)41(43(35)58)56-50-27-7-3-1-4-8-27)19-31(73(61,62)63)39(37)54-52-29-15-11-25(12-16-29)48-45(60)49-26-13-17-30(18-14-26)53-55-40-32(74(64,65)66)20-24-22-34(76(70,71)72)42(44(59)36(24)38(40)47)57-51-28-9-5-2-6-10-28;;;;/h1-22,58-59H,46-47H2,(H2,48,49,60)(H,61,62,63)(H,64,65,66)(H,67,68,69)(H,70,71,72);;;;/q;4*+1/p-4. The minimum atomic E-state index is -5.43. The molecule has 0 fully saturated rings. The fourth-order valence-electron chi connectivity index (χ4n) is 7.12. The molecule has 8 N–H and O–H groups in total. The van der Waals surface area contributed by atoms with Crippen LogP contribution in [-0.4, -0.2) is 68.1 Å². The van der Waals surface area contributed by atoms with Gasteiger partial charge in [-0.3, -0.25) is 0 Å². The molecule has 388 valence electrons. The number of nitrogen functional groups attached to an aromatic ring is 2. The van der Waals surface area contributed by atoms with Crippen molar-refractivity contribution in [2.45, 2.75) is 19.6 Å². The Kier molecular flexibility index (Phi) is 22.9. The second-order valence-corrected chi connectivity index (χ2v) is 21.0. The number of urea groups is 1. The van der Waals surface area contributed by atoms with Gasteiger partial charge in [0.1, 0.15) is 63.2 Å². The number of amides is 2. The number of anilines is 4. The molecular weight excluding hydrogens is 1170 g/mol. The Morgan fingerprint density at radius 3 is 0.912 bits per heavy atom. The number of phenolic OH excluding ortho intramolecular Hbond substituents is 2. The molecule has 27 nitrogen and oxygen atoms in total. The Morgan fingerprint density at radius 2 is 0.637 bits per heavy atom. The monoisotopic (exact) mass is 1200 g/mol. The number of azo groups is 4. The van der Waals surface area contributed by atoms with Crippen LogP contribution in [0.15, 0.2) is 194 Å². The molecule has 8 aromatic rings. The van der Waals surface area contributed by atoms with Crippen LogP contribution in [0.4, 0.5) is 73.0 Å². The van der Waals surface area contributed by atoms with Crippen LogP contribution in [0, 0.1) is 0 Å². The third kappa shape index (κ3) is 15.7. The molecule has 0 saturated heterocycles. The molecule has 0 radical (unpaired) electrons. The molecule has 0 saturated carbocycles. The maximum atomic E-state index is 12.9. The fraction of sp³-hybridized carbons (Fsp3) is 0. The van der Waals surface area contributed by atoms with E-state index in [1.165, 1.54) is 72.8 Å². The van der Waals surface area contributed by atoms with Crippen LogP contribution in [0.3, 0.4) is 0 Å². The smallest absolute Gasteiger partial charge is 0.744 e. The third-order valence-electron chi connectivity index (χ3n) is 10.5. The van der Waals surface area contributed by atoms with Crippen molar-refractivity contribution in [3.8, 4) is 11.5 Å². The molecule has 0 unspecified atom stereocenters. The zero-order valence-electron chi connectivity index (χ0n) is 41.8.